The molecule has 1 aromatic heterocycles. The molecule has 0 spiro atoms. The standard InChI is InChI=1S/C14H24N4/c1-11(2)12-7-13(17-10-16-12)18-6-5-14(3,9-18)8-15-4/h7,10-11,15H,5-6,8-9H2,1-4H3. The highest BCUT2D eigenvalue weighted by molar-refractivity contribution is 5.41. The maximum absolute atomic E-state index is 4.42. The van der Waals surface area contributed by atoms with E-state index < -0.39 is 0 Å². The van der Waals surface area contributed by atoms with E-state index >= 15 is 0 Å². The maximum Gasteiger partial charge on any atom is 0.132 e. The van der Waals surface area contributed by atoms with Crippen molar-refractivity contribution in [2.45, 2.75) is 33.1 Å². The van der Waals surface area contributed by atoms with Crippen LogP contribution >= 0.6 is 0 Å². The first kappa shape index (κ1) is 13.3. The van der Waals surface area contributed by atoms with Crippen molar-refractivity contribution in [2.75, 3.05) is 31.6 Å². The van der Waals surface area contributed by atoms with Crippen LogP contribution < -0.4 is 10.2 Å². The minimum atomic E-state index is 0.359. The van der Waals surface area contributed by atoms with Gasteiger partial charge in [0.2, 0.25) is 0 Å². The van der Waals surface area contributed by atoms with Crippen molar-refractivity contribution < 1.29 is 0 Å². The Bertz CT molecular complexity index is 405. The van der Waals surface area contributed by atoms with Gasteiger partial charge in [-0.3, -0.25) is 0 Å². The van der Waals surface area contributed by atoms with Crippen LogP contribution in [-0.4, -0.2) is 36.6 Å². The number of hydrogen-bond acceptors (Lipinski definition) is 4. The molecule has 1 fully saturated rings. The van der Waals surface area contributed by atoms with Crippen LogP contribution in [0.15, 0.2) is 12.4 Å². The number of anilines is 1. The number of rotatable bonds is 4. The maximum atomic E-state index is 4.42. The van der Waals surface area contributed by atoms with Crippen LogP contribution in [0, 0.1) is 5.41 Å². The Hall–Kier alpha value is -1.16. The lowest BCUT2D eigenvalue weighted by atomic mass is 9.90. The summed E-state index contributed by atoms with van der Waals surface area (Å²) in [5, 5.41) is 3.29. The highest BCUT2D eigenvalue weighted by Gasteiger charge is 2.33. The van der Waals surface area contributed by atoms with Crippen molar-refractivity contribution in [3.05, 3.63) is 18.1 Å². The van der Waals surface area contributed by atoms with Crippen molar-refractivity contribution >= 4 is 5.82 Å². The second kappa shape index (κ2) is 5.22. The Balaban J connectivity index is 2.12. The van der Waals surface area contributed by atoms with E-state index in [4.69, 9.17) is 0 Å². The van der Waals surface area contributed by atoms with Crippen molar-refractivity contribution in [3.8, 4) is 0 Å². The minimum absolute atomic E-state index is 0.359. The van der Waals surface area contributed by atoms with E-state index in [9.17, 15) is 0 Å². The molecule has 0 saturated carbocycles. The van der Waals surface area contributed by atoms with E-state index in [-0.39, 0.29) is 0 Å². The van der Waals surface area contributed by atoms with Gasteiger partial charge in [0.1, 0.15) is 12.1 Å². The first-order valence-electron chi connectivity index (χ1n) is 6.75. The van der Waals surface area contributed by atoms with Crippen LogP contribution in [0.5, 0.6) is 0 Å². The molecule has 1 aromatic rings. The summed E-state index contributed by atoms with van der Waals surface area (Å²) in [4.78, 5) is 11.1. The summed E-state index contributed by atoms with van der Waals surface area (Å²) in [7, 11) is 2.02. The molecule has 1 unspecified atom stereocenters. The first-order valence-corrected chi connectivity index (χ1v) is 6.75. The summed E-state index contributed by atoms with van der Waals surface area (Å²) in [5.41, 5.74) is 1.49. The average Bonchev–Trinajstić information content (AvgIpc) is 2.72. The molecule has 0 bridgehead atoms. The zero-order valence-electron chi connectivity index (χ0n) is 11.9. The molecule has 2 heterocycles. The van der Waals surface area contributed by atoms with E-state index in [1.807, 2.05) is 7.05 Å². The second-order valence-electron chi connectivity index (χ2n) is 5.97. The molecule has 0 aliphatic carbocycles. The van der Waals surface area contributed by atoms with Crippen LogP contribution in [0.3, 0.4) is 0 Å². The third kappa shape index (κ3) is 2.80. The topological polar surface area (TPSA) is 41.0 Å². The molecule has 1 atom stereocenters. The van der Waals surface area contributed by atoms with E-state index in [1.165, 1.54) is 6.42 Å². The molecule has 1 aliphatic rings. The SMILES string of the molecule is CNCC1(C)CCN(c2cc(C(C)C)ncn2)C1. The molecule has 4 nitrogen and oxygen atoms in total. The Morgan fingerprint density at radius 3 is 2.89 bits per heavy atom. The zero-order valence-corrected chi connectivity index (χ0v) is 11.9. The van der Waals surface area contributed by atoms with Crippen LogP contribution in [0.2, 0.25) is 0 Å². The van der Waals surface area contributed by atoms with Gasteiger partial charge in [0, 0.05) is 31.4 Å². The van der Waals surface area contributed by atoms with E-state index in [0.29, 0.717) is 11.3 Å². The van der Waals surface area contributed by atoms with Crippen molar-refractivity contribution in [3.63, 3.8) is 0 Å². The van der Waals surface area contributed by atoms with Crippen LogP contribution in [0.25, 0.3) is 0 Å². The molecular weight excluding hydrogens is 224 g/mol. The molecule has 0 aromatic carbocycles. The largest absolute Gasteiger partial charge is 0.356 e. The normalized spacial score (nSPS) is 23.9. The molecule has 100 valence electrons. The molecule has 18 heavy (non-hydrogen) atoms. The van der Waals surface area contributed by atoms with Gasteiger partial charge in [-0.1, -0.05) is 20.8 Å². The van der Waals surface area contributed by atoms with Gasteiger partial charge < -0.3 is 10.2 Å². The highest BCUT2D eigenvalue weighted by Crippen LogP contribution is 2.32. The van der Waals surface area contributed by atoms with Gasteiger partial charge in [0.05, 0.1) is 0 Å². The van der Waals surface area contributed by atoms with Gasteiger partial charge in [-0.25, -0.2) is 9.97 Å². The average molecular weight is 248 g/mol. The first-order chi connectivity index (χ1) is 8.54. The Morgan fingerprint density at radius 2 is 2.22 bits per heavy atom. The molecule has 1 saturated heterocycles. The summed E-state index contributed by atoms with van der Waals surface area (Å²) < 4.78 is 0. The van der Waals surface area contributed by atoms with Crippen LogP contribution in [-0.2, 0) is 0 Å². The predicted molar refractivity (Wildman–Crippen MR) is 75.0 cm³/mol. The number of nitrogens with zero attached hydrogens (tertiary/aromatic N) is 3. The molecular formula is C14H24N4. The monoisotopic (exact) mass is 248 g/mol. The summed E-state index contributed by atoms with van der Waals surface area (Å²) >= 11 is 0. The summed E-state index contributed by atoms with van der Waals surface area (Å²) in [5.74, 6) is 1.53. The fourth-order valence-electron chi connectivity index (χ4n) is 2.64. The second-order valence-corrected chi connectivity index (χ2v) is 5.97. The van der Waals surface area contributed by atoms with Crippen LogP contribution in [0.4, 0.5) is 5.82 Å². The Morgan fingerprint density at radius 1 is 1.44 bits per heavy atom. The van der Waals surface area contributed by atoms with E-state index in [1.54, 1.807) is 6.33 Å². The number of nitrogens with one attached hydrogen (secondary N) is 1. The summed E-state index contributed by atoms with van der Waals surface area (Å²) in [6, 6.07) is 2.13. The van der Waals surface area contributed by atoms with E-state index in [2.05, 4.69) is 47.0 Å². The number of aromatic nitrogens is 2. The van der Waals surface area contributed by atoms with Crippen molar-refractivity contribution in [2.24, 2.45) is 5.41 Å². The predicted octanol–water partition coefficient (Wildman–Crippen LogP) is 2.04. The fourth-order valence-corrected chi connectivity index (χ4v) is 2.64. The number of hydrogen-bond donors (Lipinski definition) is 1. The lowest BCUT2D eigenvalue weighted by Crippen LogP contribution is -2.33. The Labute approximate surface area is 110 Å². The van der Waals surface area contributed by atoms with Crippen LogP contribution in [0.1, 0.15) is 38.8 Å². The third-order valence-corrected chi connectivity index (χ3v) is 3.75. The van der Waals surface area contributed by atoms with Gasteiger partial charge in [-0.2, -0.15) is 0 Å². The lowest BCUT2D eigenvalue weighted by Gasteiger charge is -2.24. The molecule has 2 rings (SSSR count). The van der Waals surface area contributed by atoms with Crippen molar-refractivity contribution in [1.82, 2.24) is 15.3 Å². The quantitative estimate of drug-likeness (QED) is 0.885. The summed E-state index contributed by atoms with van der Waals surface area (Å²) in [6.07, 6.45) is 2.91. The Kier molecular flexibility index (Phi) is 3.85. The summed E-state index contributed by atoms with van der Waals surface area (Å²) in [6.45, 7) is 9.90. The molecule has 0 radical (unpaired) electrons. The zero-order chi connectivity index (χ0) is 13.2. The van der Waals surface area contributed by atoms with Gasteiger partial charge in [-0.05, 0) is 24.8 Å². The lowest BCUT2D eigenvalue weighted by molar-refractivity contribution is 0.355. The molecule has 0 amide bonds. The smallest absolute Gasteiger partial charge is 0.132 e. The van der Waals surface area contributed by atoms with Crippen molar-refractivity contribution in [1.29, 1.82) is 0 Å². The molecule has 1 aliphatic heterocycles. The highest BCUT2D eigenvalue weighted by atomic mass is 15.2. The van der Waals surface area contributed by atoms with E-state index in [0.717, 1.165) is 31.1 Å². The van der Waals surface area contributed by atoms with Gasteiger partial charge in [-0.15, -0.1) is 0 Å². The van der Waals surface area contributed by atoms with Gasteiger partial charge in [0.25, 0.3) is 0 Å². The molecule has 4 heteroatoms. The molecule has 1 N–H and O–H groups in total. The van der Waals surface area contributed by atoms with Gasteiger partial charge in [0.15, 0.2) is 0 Å². The minimum Gasteiger partial charge on any atom is -0.356 e. The third-order valence-electron chi connectivity index (χ3n) is 3.75. The fraction of sp³-hybridized carbons (Fsp3) is 0.714. The van der Waals surface area contributed by atoms with Gasteiger partial charge >= 0.3 is 0 Å².